The second kappa shape index (κ2) is 5.83. The van der Waals surface area contributed by atoms with Crippen molar-refractivity contribution in [2.24, 2.45) is 0 Å². The van der Waals surface area contributed by atoms with Gasteiger partial charge in [0, 0.05) is 11.4 Å². The van der Waals surface area contributed by atoms with Crippen LogP contribution in [0.3, 0.4) is 0 Å². The van der Waals surface area contributed by atoms with E-state index in [1.54, 1.807) is 12.1 Å². The highest BCUT2D eigenvalue weighted by Gasteiger charge is 2.37. The highest BCUT2D eigenvalue weighted by molar-refractivity contribution is 6.19. The third-order valence-corrected chi connectivity index (χ3v) is 3.92. The number of halogens is 1. The van der Waals surface area contributed by atoms with Gasteiger partial charge in [-0.05, 0) is 51.3 Å². The predicted octanol–water partition coefficient (Wildman–Crippen LogP) is 3.37. The summed E-state index contributed by atoms with van der Waals surface area (Å²) in [6.45, 7) is 3.92. The summed E-state index contributed by atoms with van der Waals surface area (Å²) < 4.78 is 5.60. The van der Waals surface area contributed by atoms with Crippen molar-refractivity contribution in [2.45, 2.75) is 44.8 Å². The molecule has 1 aliphatic rings. The summed E-state index contributed by atoms with van der Waals surface area (Å²) in [5.41, 5.74) is 0.419. The lowest BCUT2D eigenvalue weighted by molar-refractivity contribution is 0.0853. The van der Waals surface area contributed by atoms with E-state index >= 15 is 0 Å². The van der Waals surface area contributed by atoms with Gasteiger partial charge in [-0.25, -0.2) is 0 Å². The van der Waals surface area contributed by atoms with Crippen molar-refractivity contribution >= 4 is 17.5 Å². The molecular weight excluding hydrogens is 262 g/mol. The Hall–Kier alpha value is -1.22. The Morgan fingerprint density at radius 2 is 2.21 bits per heavy atom. The molecule has 4 heteroatoms. The quantitative estimate of drug-likeness (QED) is 0.841. The molecule has 1 saturated carbocycles. The first-order chi connectivity index (χ1) is 9.04. The second-order valence-electron chi connectivity index (χ2n) is 5.42. The number of nitrogens with one attached hydrogen (secondary N) is 1. The van der Waals surface area contributed by atoms with Gasteiger partial charge in [0.2, 0.25) is 0 Å². The van der Waals surface area contributed by atoms with Gasteiger partial charge in [0.1, 0.15) is 5.75 Å². The van der Waals surface area contributed by atoms with Crippen LogP contribution in [0.5, 0.6) is 5.75 Å². The van der Waals surface area contributed by atoms with Crippen molar-refractivity contribution in [3.63, 3.8) is 0 Å². The van der Waals surface area contributed by atoms with Gasteiger partial charge >= 0.3 is 0 Å². The first-order valence-corrected chi connectivity index (χ1v) is 7.23. The Morgan fingerprint density at radius 1 is 1.47 bits per heavy atom. The summed E-state index contributed by atoms with van der Waals surface area (Å²) >= 11 is 5.95. The zero-order valence-electron chi connectivity index (χ0n) is 11.4. The standard InChI is InChI=1S/C15H20ClNO2/c1-11(2)19-13-6-3-5-12(9-13)14(18)17-15(10-16)7-4-8-15/h3,5-6,9,11H,4,7-8,10H2,1-2H3,(H,17,18). The average Bonchev–Trinajstić information content (AvgIpc) is 2.33. The Bertz CT molecular complexity index is 450. The molecule has 0 radical (unpaired) electrons. The van der Waals surface area contributed by atoms with Gasteiger partial charge in [-0.3, -0.25) is 4.79 Å². The van der Waals surface area contributed by atoms with Crippen molar-refractivity contribution in [3.8, 4) is 5.75 Å². The Labute approximate surface area is 119 Å². The van der Waals surface area contributed by atoms with Crippen LogP contribution in [0.15, 0.2) is 24.3 Å². The van der Waals surface area contributed by atoms with E-state index < -0.39 is 0 Å². The summed E-state index contributed by atoms with van der Waals surface area (Å²) in [7, 11) is 0. The molecule has 0 aromatic heterocycles. The fourth-order valence-corrected chi connectivity index (χ4v) is 2.53. The predicted molar refractivity (Wildman–Crippen MR) is 77.0 cm³/mol. The first-order valence-electron chi connectivity index (χ1n) is 6.70. The van der Waals surface area contributed by atoms with E-state index in [0.717, 1.165) is 25.0 Å². The summed E-state index contributed by atoms with van der Waals surface area (Å²) in [5.74, 6) is 1.12. The lowest BCUT2D eigenvalue weighted by Gasteiger charge is -2.41. The first kappa shape index (κ1) is 14.2. The molecule has 2 rings (SSSR count). The SMILES string of the molecule is CC(C)Oc1cccc(C(=O)NC2(CCl)CCC2)c1. The van der Waals surface area contributed by atoms with E-state index in [-0.39, 0.29) is 17.6 Å². The van der Waals surface area contributed by atoms with Crippen LogP contribution in [0.2, 0.25) is 0 Å². The molecule has 3 nitrogen and oxygen atoms in total. The normalized spacial score (nSPS) is 16.8. The zero-order valence-corrected chi connectivity index (χ0v) is 12.2. The minimum atomic E-state index is -0.201. The third-order valence-electron chi connectivity index (χ3n) is 3.41. The zero-order chi connectivity index (χ0) is 13.9. The van der Waals surface area contributed by atoms with Crippen LogP contribution in [-0.4, -0.2) is 23.4 Å². The summed E-state index contributed by atoms with van der Waals surface area (Å²) in [5, 5.41) is 3.05. The Kier molecular flexibility index (Phi) is 4.35. The number of ether oxygens (including phenoxy) is 1. The van der Waals surface area contributed by atoms with Gasteiger partial charge in [-0.15, -0.1) is 11.6 Å². The maximum atomic E-state index is 12.2. The van der Waals surface area contributed by atoms with E-state index in [0.29, 0.717) is 11.4 Å². The van der Waals surface area contributed by atoms with Crippen LogP contribution in [0.4, 0.5) is 0 Å². The van der Waals surface area contributed by atoms with E-state index in [1.165, 1.54) is 0 Å². The monoisotopic (exact) mass is 281 g/mol. The Morgan fingerprint density at radius 3 is 2.74 bits per heavy atom. The molecule has 1 fully saturated rings. The number of rotatable bonds is 5. The van der Waals surface area contributed by atoms with Crippen molar-refractivity contribution < 1.29 is 9.53 Å². The highest BCUT2D eigenvalue weighted by atomic mass is 35.5. The van der Waals surface area contributed by atoms with Crippen LogP contribution < -0.4 is 10.1 Å². The molecule has 104 valence electrons. The van der Waals surface area contributed by atoms with Crippen molar-refractivity contribution in [2.75, 3.05) is 5.88 Å². The lowest BCUT2D eigenvalue weighted by Crippen LogP contribution is -2.55. The maximum Gasteiger partial charge on any atom is 0.251 e. The van der Waals surface area contributed by atoms with Gasteiger partial charge < -0.3 is 10.1 Å². The summed E-state index contributed by atoms with van der Waals surface area (Å²) in [6, 6.07) is 7.26. The van der Waals surface area contributed by atoms with E-state index in [1.807, 2.05) is 26.0 Å². The molecule has 1 aliphatic carbocycles. The van der Waals surface area contributed by atoms with Crippen LogP contribution in [0, 0.1) is 0 Å². The number of benzene rings is 1. The smallest absolute Gasteiger partial charge is 0.251 e. The topological polar surface area (TPSA) is 38.3 Å². The molecule has 0 bridgehead atoms. The van der Waals surface area contributed by atoms with E-state index in [4.69, 9.17) is 16.3 Å². The molecule has 1 amide bonds. The molecule has 0 saturated heterocycles. The number of amides is 1. The number of alkyl halides is 1. The Balaban J connectivity index is 2.06. The van der Waals surface area contributed by atoms with Gasteiger partial charge in [0.15, 0.2) is 0 Å². The average molecular weight is 282 g/mol. The molecule has 0 heterocycles. The van der Waals surface area contributed by atoms with Crippen molar-refractivity contribution in [1.29, 1.82) is 0 Å². The lowest BCUT2D eigenvalue weighted by atomic mass is 9.78. The third kappa shape index (κ3) is 3.41. The molecule has 1 aromatic rings. The number of hydrogen-bond donors (Lipinski definition) is 1. The number of hydrogen-bond acceptors (Lipinski definition) is 2. The van der Waals surface area contributed by atoms with Crippen molar-refractivity contribution in [1.82, 2.24) is 5.32 Å². The number of carbonyl (C=O) groups excluding carboxylic acids is 1. The molecule has 0 aliphatic heterocycles. The molecule has 1 aromatic carbocycles. The van der Waals surface area contributed by atoms with Crippen LogP contribution >= 0.6 is 11.6 Å². The summed E-state index contributed by atoms with van der Waals surface area (Å²) in [4.78, 5) is 12.2. The van der Waals surface area contributed by atoms with Crippen LogP contribution in [0.25, 0.3) is 0 Å². The number of carbonyl (C=O) groups is 1. The van der Waals surface area contributed by atoms with Crippen molar-refractivity contribution in [3.05, 3.63) is 29.8 Å². The van der Waals surface area contributed by atoms with Crippen LogP contribution in [-0.2, 0) is 0 Å². The minimum absolute atomic E-state index is 0.0745. The highest BCUT2D eigenvalue weighted by Crippen LogP contribution is 2.33. The minimum Gasteiger partial charge on any atom is -0.491 e. The molecule has 19 heavy (non-hydrogen) atoms. The van der Waals surface area contributed by atoms with E-state index in [2.05, 4.69) is 5.32 Å². The summed E-state index contributed by atoms with van der Waals surface area (Å²) in [6.07, 6.45) is 3.15. The van der Waals surface area contributed by atoms with Gasteiger partial charge in [0.25, 0.3) is 5.91 Å². The molecule has 0 unspecified atom stereocenters. The van der Waals surface area contributed by atoms with Gasteiger partial charge in [-0.2, -0.15) is 0 Å². The maximum absolute atomic E-state index is 12.2. The molecule has 1 N–H and O–H groups in total. The van der Waals surface area contributed by atoms with E-state index in [9.17, 15) is 4.79 Å². The largest absolute Gasteiger partial charge is 0.491 e. The van der Waals surface area contributed by atoms with Gasteiger partial charge in [0.05, 0.1) is 11.6 Å². The van der Waals surface area contributed by atoms with Crippen LogP contribution in [0.1, 0.15) is 43.5 Å². The fraction of sp³-hybridized carbons (Fsp3) is 0.533. The molecule has 0 atom stereocenters. The van der Waals surface area contributed by atoms with Gasteiger partial charge in [-0.1, -0.05) is 6.07 Å². The molecule has 0 spiro atoms. The fourth-order valence-electron chi connectivity index (χ4n) is 2.19. The molecular formula is C15H20ClNO2. The second-order valence-corrected chi connectivity index (χ2v) is 5.68.